The van der Waals surface area contributed by atoms with Gasteiger partial charge in [0.15, 0.2) is 0 Å². The molecule has 0 atom stereocenters. The lowest BCUT2D eigenvalue weighted by Gasteiger charge is -2.26. The van der Waals surface area contributed by atoms with Crippen LogP contribution in [0.25, 0.3) is 0 Å². The summed E-state index contributed by atoms with van der Waals surface area (Å²) >= 11 is 6.13. The maximum Gasteiger partial charge on any atom is 0.271 e. The Morgan fingerprint density at radius 2 is 1.96 bits per heavy atom. The van der Waals surface area contributed by atoms with Crippen LogP contribution in [0.2, 0.25) is 5.02 Å². The molecule has 0 aromatic heterocycles. The molecule has 1 saturated heterocycles. The molecule has 0 radical (unpaired) electrons. The lowest BCUT2D eigenvalue weighted by molar-refractivity contribution is -0.173. The van der Waals surface area contributed by atoms with Crippen molar-refractivity contribution in [1.82, 2.24) is 9.37 Å². The normalized spacial score (nSPS) is 16.0. The number of rotatable bonds is 7. The molecule has 0 unspecified atom stereocenters. The number of piperidine rings is 1. The highest BCUT2D eigenvalue weighted by Gasteiger charge is 2.26. The number of hydroxylamine groups is 2. The van der Waals surface area contributed by atoms with Crippen LogP contribution in [0.4, 0.5) is 0 Å². The van der Waals surface area contributed by atoms with Crippen molar-refractivity contribution in [3.8, 4) is 0 Å². The number of sulfonamides is 1. The van der Waals surface area contributed by atoms with Gasteiger partial charge in [-0.2, -0.15) is 4.31 Å². The zero-order valence-electron chi connectivity index (χ0n) is 14.4. The van der Waals surface area contributed by atoms with Gasteiger partial charge in [0.25, 0.3) is 5.91 Å². The first-order valence-electron chi connectivity index (χ1n) is 8.03. The first-order valence-corrected chi connectivity index (χ1v) is 9.85. The number of halogens is 1. The summed E-state index contributed by atoms with van der Waals surface area (Å²) in [6, 6.07) is 4.55. The number of carbonyl (C=O) groups excluding carboxylic acids is 1. The first kappa shape index (κ1) is 20.1. The summed E-state index contributed by atoms with van der Waals surface area (Å²) in [6.07, 6.45) is 2.80. The van der Waals surface area contributed by atoms with Crippen LogP contribution >= 0.6 is 11.6 Å². The van der Waals surface area contributed by atoms with Crippen LogP contribution in [0.5, 0.6) is 0 Å². The van der Waals surface area contributed by atoms with Gasteiger partial charge in [-0.1, -0.05) is 18.0 Å². The molecule has 1 amide bonds. The predicted octanol–water partition coefficient (Wildman–Crippen LogP) is 2.05. The van der Waals surface area contributed by atoms with Crippen molar-refractivity contribution in [3.63, 3.8) is 0 Å². The molecule has 25 heavy (non-hydrogen) atoms. The van der Waals surface area contributed by atoms with E-state index in [0.717, 1.165) is 24.3 Å². The molecule has 1 aromatic rings. The van der Waals surface area contributed by atoms with Crippen molar-refractivity contribution in [3.05, 3.63) is 28.8 Å². The van der Waals surface area contributed by atoms with Crippen LogP contribution in [0.15, 0.2) is 23.1 Å². The summed E-state index contributed by atoms with van der Waals surface area (Å²) in [4.78, 5) is 16.6. The van der Waals surface area contributed by atoms with E-state index in [0.29, 0.717) is 23.7 Å². The fourth-order valence-electron chi connectivity index (χ4n) is 2.52. The molecular weight excluding hydrogens is 368 g/mol. The summed E-state index contributed by atoms with van der Waals surface area (Å²) in [6.45, 7) is 0.915. The summed E-state index contributed by atoms with van der Waals surface area (Å²) in [5.41, 5.74) is 0.521. The van der Waals surface area contributed by atoms with E-state index < -0.39 is 10.0 Å². The van der Waals surface area contributed by atoms with E-state index >= 15 is 0 Å². The van der Waals surface area contributed by atoms with Crippen LogP contribution in [0.1, 0.15) is 24.8 Å². The van der Waals surface area contributed by atoms with Crippen LogP contribution in [0.3, 0.4) is 0 Å². The maximum atomic E-state index is 12.7. The van der Waals surface area contributed by atoms with Crippen molar-refractivity contribution < 1.29 is 22.8 Å². The van der Waals surface area contributed by atoms with Gasteiger partial charge >= 0.3 is 0 Å². The highest BCUT2D eigenvalue weighted by atomic mass is 35.5. The molecule has 1 fully saturated rings. The van der Waals surface area contributed by atoms with Gasteiger partial charge in [-0.15, -0.1) is 0 Å². The summed E-state index contributed by atoms with van der Waals surface area (Å²) in [5.74, 6) is -0.351. The lowest BCUT2D eigenvalue weighted by atomic mass is 10.2. The molecule has 0 bridgehead atoms. The Morgan fingerprint density at radius 1 is 1.28 bits per heavy atom. The van der Waals surface area contributed by atoms with Gasteiger partial charge in [-0.25, -0.2) is 13.5 Å². The number of nitrogens with zero attached hydrogens (tertiary/aromatic N) is 2. The van der Waals surface area contributed by atoms with Gasteiger partial charge in [-0.05, 0) is 36.6 Å². The monoisotopic (exact) mass is 390 g/mol. The Bertz CT molecular complexity index is 704. The van der Waals surface area contributed by atoms with Crippen LogP contribution in [0, 0.1) is 0 Å². The quantitative estimate of drug-likeness (QED) is 0.666. The van der Waals surface area contributed by atoms with Crippen LogP contribution in [-0.2, 0) is 31.0 Å². The standard InChI is InChI=1S/C16H23ClN2O5S/c1-18(23-2)16(20)12-24-11-13-10-14(6-7-15(13)17)25(21,22)19-8-4-3-5-9-19/h6-7,10H,3-5,8-9,11-12H2,1-2H3. The smallest absolute Gasteiger partial charge is 0.271 e. The maximum absolute atomic E-state index is 12.7. The number of benzene rings is 1. The minimum absolute atomic E-state index is 0.0332. The molecule has 140 valence electrons. The molecule has 1 heterocycles. The Kier molecular flexibility index (Phi) is 7.21. The molecule has 9 heteroatoms. The number of carbonyl (C=O) groups is 1. The van der Waals surface area contributed by atoms with Gasteiger partial charge in [-0.3, -0.25) is 9.63 Å². The van der Waals surface area contributed by atoms with Crippen molar-refractivity contribution in [2.75, 3.05) is 33.9 Å². The highest BCUT2D eigenvalue weighted by molar-refractivity contribution is 7.89. The van der Waals surface area contributed by atoms with Crippen molar-refractivity contribution in [2.24, 2.45) is 0 Å². The van der Waals surface area contributed by atoms with Gasteiger partial charge in [0, 0.05) is 25.2 Å². The fraction of sp³-hybridized carbons (Fsp3) is 0.562. The zero-order valence-corrected chi connectivity index (χ0v) is 16.0. The van der Waals surface area contributed by atoms with Gasteiger partial charge < -0.3 is 4.74 Å². The molecule has 1 aromatic carbocycles. The minimum Gasteiger partial charge on any atom is -0.367 e. The largest absolute Gasteiger partial charge is 0.367 e. The Labute approximate surface area is 153 Å². The molecule has 2 rings (SSSR count). The summed E-state index contributed by atoms with van der Waals surface area (Å²) in [7, 11) is -0.681. The summed E-state index contributed by atoms with van der Waals surface area (Å²) in [5, 5.41) is 1.45. The molecule has 0 saturated carbocycles. The number of likely N-dealkylation sites (N-methyl/N-ethyl adjacent to an activating group) is 1. The number of hydrogen-bond donors (Lipinski definition) is 0. The zero-order chi connectivity index (χ0) is 18.4. The van der Waals surface area contributed by atoms with E-state index in [1.165, 1.54) is 30.6 Å². The van der Waals surface area contributed by atoms with E-state index in [1.807, 2.05) is 0 Å². The first-order chi connectivity index (χ1) is 11.9. The third-order valence-electron chi connectivity index (χ3n) is 4.08. The second-order valence-electron chi connectivity index (χ2n) is 5.78. The average molecular weight is 391 g/mol. The van der Waals surface area contributed by atoms with Gasteiger partial charge in [0.2, 0.25) is 10.0 Å². The second-order valence-corrected chi connectivity index (χ2v) is 8.13. The fourth-order valence-corrected chi connectivity index (χ4v) is 4.26. The average Bonchev–Trinajstić information content (AvgIpc) is 2.63. The van der Waals surface area contributed by atoms with Crippen molar-refractivity contribution in [1.29, 1.82) is 0 Å². The Balaban J connectivity index is 2.08. The third-order valence-corrected chi connectivity index (χ3v) is 6.34. The van der Waals surface area contributed by atoms with Crippen molar-refractivity contribution in [2.45, 2.75) is 30.8 Å². The topological polar surface area (TPSA) is 76.1 Å². The summed E-state index contributed by atoms with van der Waals surface area (Å²) < 4.78 is 32.3. The van der Waals surface area contributed by atoms with Gasteiger partial charge in [0.05, 0.1) is 18.6 Å². The van der Waals surface area contributed by atoms with Crippen LogP contribution in [-0.4, -0.2) is 57.5 Å². The SMILES string of the molecule is CON(C)C(=O)COCc1cc(S(=O)(=O)N2CCCCC2)ccc1Cl. The molecule has 0 spiro atoms. The molecule has 1 aliphatic rings. The number of amides is 1. The molecule has 1 aliphatic heterocycles. The van der Waals surface area contributed by atoms with E-state index in [9.17, 15) is 13.2 Å². The Hall–Kier alpha value is -1.19. The molecule has 7 nitrogen and oxygen atoms in total. The van der Waals surface area contributed by atoms with E-state index in [-0.39, 0.29) is 24.0 Å². The molecule has 0 aliphatic carbocycles. The Morgan fingerprint density at radius 3 is 2.60 bits per heavy atom. The van der Waals surface area contributed by atoms with E-state index in [4.69, 9.17) is 21.2 Å². The van der Waals surface area contributed by atoms with Gasteiger partial charge in [0.1, 0.15) is 6.61 Å². The van der Waals surface area contributed by atoms with Crippen LogP contribution < -0.4 is 0 Å². The molecular formula is C16H23ClN2O5S. The number of ether oxygens (including phenoxy) is 1. The van der Waals surface area contributed by atoms with E-state index in [2.05, 4.69) is 0 Å². The highest BCUT2D eigenvalue weighted by Crippen LogP contribution is 2.25. The lowest BCUT2D eigenvalue weighted by Crippen LogP contribution is -2.35. The second kappa shape index (κ2) is 8.95. The van der Waals surface area contributed by atoms with E-state index in [1.54, 1.807) is 6.07 Å². The molecule has 0 N–H and O–H groups in total. The predicted molar refractivity (Wildman–Crippen MR) is 93.5 cm³/mol. The third kappa shape index (κ3) is 5.15. The minimum atomic E-state index is -3.54. The van der Waals surface area contributed by atoms with Crippen molar-refractivity contribution >= 4 is 27.5 Å². The number of hydrogen-bond acceptors (Lipinski definition) is 5.